The van der Waals surface area contributed by atoms with Crippen LogP contribution in [0.4, 0.5) is 5.69 Å². The number of ether oxygens (including phenoxy) is 2. The zero-order chi connectivity index (χ0) is 28.6. The molecule has 0 aliphatic carbocycles. The van der Waals surface area contributed by atoms with Gasteiger partial charge < -0.3 is 14.8 Å². The van der Waals surface area contributed by atoms with Crippen molar-refractivity contribution in [3.63, 3.8) is 0 Å². The minimum atomic E-state index is -0.684. The maximum absolute atomic E-state index is 12.7. The molecular formula is C29H20BrCl2N3O5. The van der Waals surface area contributed by atoms with Crippen molar-refractivity contribution in [2.24, 2.45) is 5.10 Å². The predicted octanol–water partition coefficient (Wildman–Crippen LogP) is 7.00. The number of carbonyl (C=O) groups excluding carboxylic acids is 3. The van der Waals surface area contributed by atoms with E-state index >= 15 is 0 Å². The molecule has 202 valence electrons. The summed E-state index contributed by atoms with van der Waals surface area (Å²) < 4.78 is 11.3. The Bertz CT molecular complexity index is 1610. The maximum atomic E-state index is 12.7. The van der Waals surface area contributed by atoms with Gasteiger partial charge in [0.15, 0.2) is 0 Å². The molecule has 0 aliphatic rings. The largest absolute Gasteiger partial charge is 0.497 e. The van der Waals surface area contributed by atoms with Crippen molar-refractivity contribution in [1.29, 1.82) is 0 Å². The van der Waals surface area contributed by atoms with Crippen LogP contribution < -0.4 is 20.2 Å². The topological polar surface area (TPSA) is 106 Å². The van der Waals surface area contributed by atoms with Gasteiger partial charge in [-0.05, 0) is 78.9 Å². The molecule has 0 atom stereocenters. The lowest BCUT2D eigenvalue weighted by atomic mass is 10.1. The van der Waals surface area contributed by atoms with E-state index in [-0.39, 0.29) is 27.8 Å². The molecule has 0 heterocycles. The molecule has 0 unspecified atom stereocenters. The number of halogens is 3. The molecule has 0 saturated heterocycles. The van der Waals surface area contributed by atoms with Crippen LogP contribution in [0.5, 0.6) is 11.5 Å². The highest BCUT2D eigenvalue weighted by Gasteiger charge is 2.16. The summed E-state index contributed by atoms with van der Waals surface area (Å²) in [7, 11) is 1.54. The number of benzene rings is 4. The van der Waals surface area contributed by atoms with Gasteiger partial charge in [-0.2, -0.15) is 5.10 Å². The highest BCUT2D eigenvalue weighted by Crippen LogP contribution is 2.26. The van der Waals surface area contributed by atoms with Gasteiger partial charge in [0.1, 0.15) is 11.5 Å². The SMILES string of the molecule is COc1ccc(C(=O)Nc2cccc(C(=O)NN=Cc3cc(Br)ccc3OC(=O)c3ccc(Cl)cc3Cl)c2)cc1. The highest BCUT2D eigenvalue weighted by atomic mass is 79.9. The normalized spacial score (nSPS) is 10.7. The minimum absolute atomic E-state index is 0.143. The average molecular weight is 641 g/mol. The number of esters is 1. The fraction of sp³-hybridized carbons (Fsp3) is 0.0345. The number of nitrogens with zero attached hydrogens (tertiary/aromatic N) is 1. The van der Waals surface area contributed by atoms with E-state index in [4.69, 9.17) is 32.7 Å². The summed E-state index contributed by atoms with van der Waals surface area (Å²) in [5.74, 6) is -0.709. The Morgan fingerprint density at radius 2 is 1.65 bits per heavy atom. The van der Waals surface area contributed by atoms with Crippen LogP contribution in [0, 0.1) is 0 Å². The minimum Gasteiger partial charge on any atom is -0.497 e. The summed E-state index contributed by atoms with van der Waals surface area (Å²) in [4.78, 5) is 37.9. The summed E-state index contributed by atoms with van der Waals surface area (Å²) >= 11 is 15.4. The van der Waals surface area contributed by atoms with Gasteiger partial charge in [0, 0.05) is 31.9 Å². The molecule has 0 spiro atoms. The van der Waals surface area contributed by atoms with E-state index in [1.165, 1.54) is 30.5 Å². The molecule has 4 aromatic carbocycles. The highest BCUT2D eigenvalue weighted by molar-refractivity contribution is 9.10. The van der Waals surface area contributed by atoms with Crippen molar-refractivity contribution >= 4 is 68.8 Å². The lowest BCUT2D eigenvalue weighted by Crippen LogP contribution is -2.18. The van der Waals surface area contributed by atoms with Crippen molar-refractivity contribution in [2.75, 3.05) is 12.4 Å². The number of carbonyl (C=O) groups is 3. The number of hydrogen-bond donors (Lipinski definition) is 2. The summed E-state index contributed by atoms with van der Waals surface area (Å²) in [5, 5.41) is 7.30. The van der Waals surface area contributed by atoms with Crippen LogP contribution in [-0.2, 0) is 0 Å². The summed E-state index contributed by atoms with van der Waals surface area (Å²) in [6, 6.07) is 22.4. The van der Waals surface area contributed by atoms with Crippen molar-refractivity contribution in [2.45, 2.75) is 0 Å². The molecule has 40 heavy (non-hydrogen) atoms. The fourth-order valence-corrected chi connectivity index (χ4v) is 4.30. The second-order valence-electron chi connectivity index (χ2n) is 8.16. The summed E-state index contributed by atoms with van der Waals surface area (Å²) in [6.45, 7) is 0. The first-order chi connectivity index (χ1) is 19.2. The number of anilines is 1. The predicted molar refractivity (Wildman–Crippen MR) is 158 cm³/mol. The van der Waals surface area contributed by atoms with Gasteiger partial charge in [-0.1, -0.05) is 45.2 Å². The first-order valence-corrected chi connectivity index (χ1v) is 13.1. The van der Waals surface area contributed by atoms with Crippen LogP contribution in [-0.4, -0.2) is 31.1 Å². The Labute approximate surface area is 248 Å². The van der Waals surface area contributed by atoms with E-state index in [0.717, 1.165) is 0 Å². The van der Waals surface area contributed by atoms with Gasteiger partial charge in [-0.25, -0.2) is 10.2 Å². The third kappa shape index (κ3) is 7.47. The second kappa shape index (κ2) is 13.3. The number of methoxy groups -OCH3 is 1. The Kier molecular flexibility index (Phi) is 9.55. The molecule has 2 N–H and O–H groups in total. The number of hydrogen-bond acceptors (Lipinski definition) is 6. The molecule has 0 radical (unpaired) electrons. The van der Waals surface area contributed by atoms with Gasteiger partial charge >= 0.3 is 5.97 Å². The Balaban J connectivity index is 1.43. The molecule has 8 nitrogen and oxygen atoms in total. The second-order valence-corrected chi connectivity index (χ2v) is 9.92. The van der Waals surface area contributed by atoms with Crippen LogP contribution in [0.25, 0.3) is 0 Å². The molecule has 0 aliphatic heterocycles. The average Bonchev–Trinajstić information content (AvgIpc) is 2.94. The monoisotopic (exact) mass is 639 g/mol. The Hall–Kier alpha value is -4.18. The van der Waals surface area contributed by atoms with E-state index in [0.29, 0.717) is 32.1 Å². The zero-order valence-corrected chi connectivity index (χ0v) is 23.9. The van der Waals surface area contributed by atoms with E-state index in [1.54, 1.807) is 67.8 Å². The lowest BCUT2D eigenvalue weighted by molar-refractivity contribution is 0.0734. The fourth-order valence-electron chi connectivity index (χ4n) is 3.43. The first kappa shape index (κ1) is 28.8. The third-order valence-corrected chi connectivity index (χ3v) is 6.47. The van der Waals surface area contributed by atoms with Gasteiger partial charge in [0.05, 0.1) is 23.9 Å². The van der Waals surface area contributed by atoms with Crippen molar-refractivity contribution in [3.05, 3.63) is 122 Å². The molecule has 4 rings (SSSR count). The molecule has 11 heteroatoms. The molecule has 0 bridgehead atoms. The van der Waals surface area contributed by atoms with E-state index in [9.17, 15) is 14.4 Å². The molecular weight excluding hydrogens is 621 g/mol. The molecule has 0 fully saturated rings. The van der Waals surface area contributed by atoms with Crippen LogP contribution in [0.3, 0.4) is 0 Å². The van der Waals surface area contributed by atoms with Crippen LogP contribution >= 0.6 is 39.1 Å². The van der Waals surface area contributed by atoms with Crippen LogP contribution in [0.15, 0.2) is 94.5 Å². The maximum Gasteiger partial charge on any atom is 0.345 e. The Morgan fingerprint density at radius 1 is 0.875 bits per heavy atom. The lowest BCUT2D eigenvalue weighted by Gasteiger charge is -2.09. The first-order valence-electron chi connectivity index (χ1n) is 11.6. The number of amides is 2. The standard InChI is InChI=1S/C29H20BrCl2N3O5/c1-39-23-9-5-17(6-10-23)27(36)34-22-4-2-3-18(14-22)28(37)35-33-16-19-13-20(30)7-12-26(19)40-29(38)24-11-8-21(31)15-25(24)32/h2-16H,1H3,(H,34,36)(H,35,37). The van der Waals surface area contributed by atoms with Gasteiger partial charge in [-0.15, -0.1) is 0 Å². The summed E-state index contributed by atoms with van der Waals surface area (Å²) in [5.41, 5.74) is 4.12. The Morgan fingerprint density at radius 3 is 2.38 bits per heavy atom. The molecule has 0 aromatic heterocycles. The zero-order valence-electron chi connectivity index (χ0n) is 20.8. The van der Waals surface area contributed by atoms with Crippen LogP contribution in [0.1, 0.15) is 36.6 Å². The number of hydrazone groups is 1. The van der Waals surface area contributed by atoms with E-state index < -0.39 is 11.9 Å². The molecule has 0 saturated carbocycles. The molecule has 4 aromatic rings. The van der Waals surface area contributed by atoms with Crippen molar-refractivity contribution in [1.82, 2.24) is 5.43 Å². The summed E-state index contributed by atoms with van der Waals surface area (Å²) in [6.07, 6.45) is 1.34. The smallest absolute Gasteiger partial charge is 0.345 e. The van der Waals surface area contributed by atoms with Crippen molar-refractivity contribution in [3.8, 4) is 11.5 Å². The van der Waals surface area contributed by atoms with Gasteiger partial charge in [0.25, 0.3) is 11.8 Å². The third-order valence-electron chi connectivity index (χ3n) is 5.43. The van der Waals surface area contributed by atoms with Crippen LogP contribution in [0.2, 0.25) is 10.0 Å². The number of rotatable bonds is 8. The van der Waals surface area contributed by atoms with Gasteiger partial charge in [-0.3, -0.25) is 9.59 Å². The quantitative estimate of drug-likeness (QED) is 0.0934. The number of nitrogens with one attached hydrogen (secondary N) is 2. The van der Waals surface area contributed by atoms with E-state index in [1.807, 2.05) is 0 Å². The van der Waals surface area contributed by atoms with Crippen molar-refractivity contribution < 1.29 is 23.9 Å². The molecule has 2 amide bonds. The van der Waals surface area contributed by atoms with E-state index in [2.05, 4.69) is 31.8 Å². The van der Waals surface area contributed by atoms with Gasteiger partial charge in [0.2, 0.25) is 0 Å².